The second-order valence-corrected chi connectivity index (χ2v) is 7.79. The molecular weight excluding hydrogens is 440 g/mol. The third-order valence-electron chi connectivity index (χ3n) is 3.64. The number of methoxy groups -OCH3 is 1. The van der Waals surface area contributed by atoms with Gasteiger partial charge in [-0.05, 0) is 29.3 Å². The van der Waals surface area contributed by atoms with Gasteiger partial charge in [-0.1, -0.05) is 24.3 Å². The first-order valence-electron chi connectivity index (χ1n) is 8.15. The predicted octanol–water partition coefficient (Wildman–Crippen LogP) is 2.23. The lowest BCUT2D eigenvalue weighted by Gasteiger charge is -2.10. The maximum Gasteiger partial charge on any atom is 0.357 e. The summed E-state index contributed by atoms with van der Waals surface area (Å²) in [5.74, 6) is -0.892. The van der Waals surface area contributed by atoms with Crippen LogP contribution in [-0.4, -0.2) is 46.7 Å². The number of aliphatic carboxylic acids is 1. The molecule has 0 aliphatic heterocycles. The fraction of sp³-hybridized carbons (Fsp3) is 0.167. The van der Waals surface area contributed by atoms with Crippen LogP contribution in [0.1, 0.15) is 16.7 Å². The van der Waals surface area contributed by atoms with E-state index in [1.54, 1.807) is 0 Å². The van der Waals surface area contributed by atoms with Crippen molar-refractivity contribution in [1.29, 1.82) is 0 Å². The summed E-state index contributed by atoms with van der Waals surface area (Å²) in [5.41, 5.74) is 0.562. The maximum atomic E-state index is 11.7. The van der Waals surface area contributed by atoms with Gasteiger partial charge >= 0.3 is 17.3 Å². The fourth-order valence-electron chi connectivity index (χ4n) is 2.42. The fourth-order valence-corrected chi connectivity index (χ4v) is 3.45. The van der Waals surface area contributed by atoms with Gasteiger partial charge in [-0.2, -0.15) is 12.6 Å². The zero-order valence-corrected chi connectivity index (χ0v) is 17.2. The molecule has 0 bridgehead atoms. The Kier molecular flexibility index (Phi) is 8.08. The number of carbonyl (C=O) groups is 1. The molecule has 30 heavy (non-hydrogen) atoms. The summed E-state index contributed by atoms with van der Waals surface area (Å²) >= 11 is -2.63. The third kappa shape index (κ3) is 6.93. The van der Waals surface area contributed by atoms with Gasteiger partial charge in [-0.25, -0.2) is 0 Å². The van der Waals surface area contributed by atoms with Crippen LogP contribution in [0.5, 0.6) is 11.5 Å². The lowest BCUT2D eigenvalue weighted by Crippen LogP contribution is -2.05. The van der Waals surface area contributed by atoms with Crippen molar-refractivity contribution in [3.63, 3.8) is 0 Å². The number of hydrogen-bond acceptors (Lipinski definition) is 7. The Hall–Kier alpha value is -2.77. The van der Waals surface area contributed by atoms with Gasteiger partial charge in [0.25, 0.3) is 10.1 Å². The highest BCUT2D eigenvalue weighted by atomic mass is 32.2. The number of rotatable bonds is 10. The molecule has 0 aliphatic rings. The zero-order chi connectivity index (χ0) is 22.3. The molecule has 0 heterocycles. The molecule has 12 heteroatoms. The van der Waals surface area contributed by atoms with E-state index in [1.807, 2.05) is 0 Å². The van der Waals surface area contributed by atoms with Crippen molar-refractivity contribution in [2.45, 2.75) is 11.3 Å². The number of ether oxygens (including phenoxy) is 2. The molecule has 0 amide bonds. The smallest absolute Gasteiger partial charge is 0.357 e. The highest BCUT2D eigenvalue weighted by Gasteiger charge is 2.16. The first-order chi connectivity index (χ1) is 14.1. The number of benzene rings is 2. The van der Waals surface area contributed by atoms with Crippen molar-refractivity contribution in [3.05, 3.63) is 53.1 Å². The molecule has 1 unspecified atom stereocenters. The van der Waals surface area contributed by atoms with Gasteiger partial charge in [0.15, 0.2) is 12.5 Å². The highest BCUT2D eigenvalue weighted by molar-refractivity contribution is 7.86. The van der Waals surface area contributed by atoms with Gasteiger partial charge in [-0.3, -0.25) is 13.9 Å². The summed E-state index contributed by atoms with van der Waals surface area (Å²) in [5, 5.41) is 8.86. The lowest BCUT2D eigenvalue weighted by molar-refractivity contribution is -0.136. The Balaban J connectivity index is 2.44. The molecular formula is C18H18O10S2. The van der Waals surface area contributed by atoms with Crippen molar-refractivity contribution < 1.29 is 45.3 Å². The van der Waals surface area contributed by atoms with E-state index in [4.69, 9.17) is 23.3 Å². The average Bonchev–Trinajstić information content (AvgIpc) is 2.64. The Morgan fingerprint density at radius 1 is 1.13 bits per heavy atom. The molecule has 0 saturated carbocycles. The molecule has 1 atom stereocenters. The van der Waals surface area contributed by atoms with E-state index in [1.165, 1.54) is 49.6 Å². The van der Waals surface area contributed by atoms with E-state index in [-0.39, 0.29) is 23.7 Å². The second-order valence-electron chi connectivity index (χ2n) is 5.80. The Morgan fingerprint density at radius 3 is 2.40 bits per heavy atom. The van der Waals surface area contributed by atoms with Crippen molar-refractivity contribution in [3.8, 4) is 11.5 Å². The van der Waals surface area contributed by atoms with E-state index < -0.39 is 38.8 Å². The first-order valence-corrected chi connectivity index (χ1v) is 10.6. The second kappa shape index (κ2) is 10.3. The van der Waals surface area contributed by atoms with E-state index in [0.29, 0.717) is 11.3 Å². The van der Waals surface area contributed by atoms with E-state index in [2.05, 4.69) is 0 Å². The zero-order valence-electron chi connectivity index (χ0n) is 15.5. The van der Waals surface area contributed by atoms with E-state index >= 15 is 0 Å². The van der Waals surface area contributed by atoms with Crippen molar-refractivity contribution in [1.82, 2.24) is 0 Å². The molecule has 0 radical (unpaired) electrons. The van der Waals surface area contributed by atoms with Crippen LogP contribution in [0.4, 0.5) is 0 Å². The molecule has 0 saturated heterocycles. The molecule has 0 aromatic heterocycles. The quantitative estimate of drug-likeness (QED) is 0.209. The van der Waals surface area contributed by atoms with Crippen molar-refractivity contribution >= 4 is 39.6 Å². The first kappa shape index (κ1) is 23.5. The molecule has 2 rings (SSSR count). The van der Waals surface area contributed by atoms with Gasteiger partial charge in [-0.15, -0.1) is 0 Å². The van der Waals surface area contributed by atoms with Crippen LogP contribution in [0.25, 0.3) is 12.2 Å². The standard InChI is InChI=1S/C18H18O10S2/c1-26-11-27-15-7-6-13(16(10-15)28-29(21)22)4-5-14-3-2-12(9-18(19)20)8-17(14)30(23,24)25/h2-8,10H,9,11H2,1H3,(H,19,20)(H,21,22)(H,23,24,25)/b5-4+. The van der Waals surface area contributed by atoms with Crippen LogP contribution in [0.3, 0.4) is 0 Å². The van der Waals surface area contributed by atoms with E-state index in [9.17, 15) is 22.0 Å². The molecule has 2 aromatic rings. The Labute approximate surface area is 175 Å². The Bertz CT molecular complexity index is 1080. The summed E-state index contributed by atoms with van der Waals surface area (Å²) in [6.45, 7) is -0.0583. The van der Waals surface area contributed by atoms with Crippen molar-refractivity contribution in [2.75, 3.05) is 13.9 Å². The van der Waals surface area contributed by atoms with E-state index in [0.717, 1.165) is 6.07 Å². The summed E-state index contributed by atoms with van der Waals surface area (Å²) < 4.78 is 67.9. The van der Waals surface area contributed by atoms with Gasteiger partial charge in [0.05, 0.1) is 6.42 Å². The monoisotopic (exact) mass is 458 g/mol. The summed E-state index contributed by atoms with van der Waals surface area (Å²) in [4.78, 5) is 10.4. The third-order valence-corrected chi connectivity index (χ3v) is 4.87. The minimum absolute atomic E-state index is 0.0309. The van der Waals surface area contributed by atoms with Crippen LogP contribution in [0.2, 0.25) is 0 Å². The Morgan fingerprint density at radius 2 is 1.80 bits per heavy atom. The summed E-state index contributed by atoms with van der Waals surface area (Å²) in [7, 11) is -3.22. The normalized spacial score (nSPS) is 12.6. The lowest BCUT2D eigenvalue weighted by atomic mass is 10.1. The van der Waals surface area contributed by atoms with Gasteiger partial charge < -0.3 is 18.8 Å². The predicted molar refractivity (Wildman–Crippen MR) is 107 cm³/mol. The van der Waals surface area contributed by atoms with Crippen LogP contribution < -0.4 is 8.92 Å². The number of hydrogen-bond donors (Lipinski definition) is 3. The minimum Gasteiger partial charge on any atom is -0.481 e. The SMILES string of the molecule is COCOc1ccc(/C=C/c2ccc(CC(=O)O)cc2S(=O)(=O)O)c(OS(=O)O)c1. The van der Waals surface area contributed by atoms with Gasteiger partial charge in [0, 0.05) is 18.7 Å². The van der Waals surface area contributed by atoms with Gasteiger partial charge in [0.2, 0.25) is 0 Å². The molecule has 0 fully saturated rings. The molecule has 0 aliphatic carbocycles. The van der Waals surface area contributed by atoms with Crippen LogP contribution in [-0.2, 0) is 37.4 Å². The molecule has 162 valence electrons. The van der Waals surface area contributed by atoms with Crippen LogP contribution >= 0.6 is 0 Å². The van der Waals surface area contributed by atoms with Crippen molar-refractivity contribution in [2.24, 2.45) is 0 Å². The van der Waals surface area contributed by atoms with Crippen LogP contribution in [0.15, 0.2) is 41.3 Å². The molecule has 3 N–H and O–H groups in total. The number of carboxylic acid groups (broad SMARTS) is 1. The average molecular weight is 458 g/mol. The molecule has 10 nitrogen and oxygen atoms in total. The molecule has 2 aromatic carbocycles. The molecule has 0 spiro atoms. The highest BCUT2D eigenvalue weighted by Crippen LogP contribution is 2.28. The largest absolute Gasteiger partial charge is 0.481 e. The summed E-state index contributed by atoms with van der Waals surface area (Å²) in [6, 6.07) is 8.17. The topological polar surface area (TPSA) is 157 Å². The summed E-state index contributed by atoms with van der Waals surface area (Å²) in [6.07, 6.45) is 2.30. The maximum absolute atomic E-state index is 11.7. The number of carboxylic acids is 1. The van der Waals surface area contributed by atoms with Gasteiger partial charge in [0.1, 0.15) is 10.6 Å². The minimum atomic E-state index is -4.64. The van der Waals surface area contributed by atoms with Crippen LogP contribution in [0, 0.1) is 0 Å².